The molecule has 1 aliphatic heterocycles. The third-order valence-electron chi connectivity index (χ3n) is 5.78. The van der Waals surface area contributed by atoms with Crippen LogP contribution >= 0.6 is 0 Å². The van der Waals surface area contributed by atoms with Gasteiger partial charge in [0.15, 0.2) is 0 Å². The largest absolute Gasteiger partial charge is 0.420 e. The fourth-order valence-electron chi connectivity index (χ4n) is 4.03. The molecule has 9 heteroatoms. The molecular formula is C24H19F3N4O2. The Morgan fingerprint density at radius 3 is 2.58 bits per heavy atom. The number of alkyl halides is 3. The van der Waals surface area contributed by atoms with Crippen molar-refractivity contribution < 1.29 is 22.4 Å². The van der Waals surface area contributed by atoms with Gasteiger partial charge in [-0.3, -0.25) is 4.79 Å². The molecular weight excluding hydrogens is 433 g/mol. The Bertz CT molecular complexity index is 1300. The minimum Gasteiger partial charge on any atom is -0.420 e. The molecule has 5 rings (SSSR count). The summed E-state index contributed by atoms with van der Waals surface area (Å²) < 4.78 is 44.1. The summed E-state index contributed by atoms with van der Waals surface area (Å²) in [5, 5.41) is 9.07. The van der Waals surface area contributed by atoms with Crippen molar-refractivity contribution in [1.29, 1.82) is 0 Å². The zero-order chi connectivity index (χ0) is 23.0. The van der Waals surface area contributed by atoms with Gasteiger partial charge >= 0.3 is 6.18 Å². The Balaban J connectivity index is 1.31. The van der Waals surface area contributed by atoms with Crippen LogP contribution in [0.3, 0.4) is 0 Å². The summed E-state index contributed by atoms with van der Waals surface area (Å²) in [5.74, 6) is 0.207. The summed E-state index contributed by atoms with van der Waals surface area (Å²) in [6.45, 7) is 1.01. The molecule has 3 heterocycles. The number of rotatable bonds is 3. The number of carbonyl (C=O) groups excluding carboxylic acids is 1. The van der Waals surface area contributed by atoms with Gasteiger partial charge in [-0.2, -0.15) is 13.2 Å². The molecule has 1 fully saturated rings. The van der Waals surface area contributed by atoms with Crippen LogP contribution in [-0.4, -0.2) is 39.1 Å². The number of fused-ring (bicyclic) bond motifs is 1. The van der Waals surface area contributed by atoms with Crippen LogP contribution in [-0.2, 0) is 6.18 Å². The third-order valence-corrected chi connectivity index (χ3v) is 5.78. The van der Waals surface area contributed by atoms with E-state index >= 15 is 0 Å². The van der Waals surface area contributed by atoms with Crippen LogP contribution in [0.15, 0.2) is 65.1 Å². The van der Waals surface area contributed by atoms with Crippen molar-refractivity contribution >= 4 is 16.8 Å². The highest BCUT2D eigenvalue weighted by Gasteiger charge is 2.31. The second-order valence-electron chi connectivity index (χ2n) is 8.00. The summed E-state index contributed by atoms with van der Waals surface area (Å²) in [6, 6.07) is 15.8. The molecule has 33 heavy (non-hydrogen) atoms. The first-order valence-corrected chi connectivity index (χ1v) is 10.5. The molecule has 1 aliphatic rings. The first-order valence-electron chi connectivity index (χ1n) is 10.5. The van der Waals surface area contributed by atoms with Gasteiger partial charge in [-0.25, -0.2) is 4.98 Å². The van der Waals surface area contributed by atoms with Gasteiger partial charge in [0.1, 0.15) is 5.69 Å². The van der Waals surface area contributed by atoms with Crippen molar-refractivity contribution in [2.24, 2.45) is 0 Å². The number of benzene rings is 2. The predicted molar refractivity (Wildman–Crippen MR) is 114 cm³/mol. The van der Waals surface area contributed by atoms with Crippen molar-refractivity contribution in [2.45, 2.75) is 24.9 Å². The van der Waals surface area contributed by atoms with Gasteiger partial charge < -0.3 is 9.32 Å². The predicted octanol–water partition coefficient (Wildman–Crippen LogP) is 5.32. The van der Waals surface area contributed by atoms with Crippen LogP contribution in [0.1, 0.15) is 40.7 Å². The van der Waals surface area contributed by atoms with Crippen LogP contribution < -0.4 is 0 Å². The van der Waals surface area contributed by atoms with E-state index in [9.17, 15) is 18.0 Å². The Labute approximate surface area is 187 Å². The SMILES string of the molecule is O=C(c1ccc2ccccc2n1)N1CCCC(c2nnc(-c3ccc(C(F)(F)F)cc3)o2)C1. The first-order chi connectivity index (χ1) is 15.9. The van der Waals surface area contributed by atoms with Crippen LogP contribution in [0, 0.1) is 0 Å². The normalized spacial score (nSPS) is 16.8. The lowest BCUT2D eigenvalue weighted by Crippen LogP contribution is -2.39. The smallest absolute Gasteiger partial charge is 0.416 e. The Morgan fingerprint density at radius 2 is 1.79 bits per heavy atom. The number of likely N-dealkylation sites (tertiary alicyclic amines) is 1. The van der Waals surface area contributed by atoms with Crippen molar-refractivity contribution in [2.75, 3.05) is 13.1 Å². The van der Waals surface area contributed by atoms with Gasteiger partial charge in [0.25, 0.3) is 5.91 Å². The summed E-state index contributed by atoms with van der Waals surface area (Å²) >= 11 is 0. The molecule has 1 amide bonds. The summed E-state index contributed by atoms with van der Waals surface area (Å²) in [5.41, 5.74) is 0.806. The van der Waals surface area contributed by atoms with Gasteiger partial charge in [0, 0.05) is 24.0 Å². The zero-order valence-electron chi connectivity index (χ0n) is 17.4. The minimum atomic E-state index is -4.41. The minimum absolute atomic E-state index is 0.151. The van der Waals surface area contributed by atoms with Crippen LogP contribution in [0.25, 0.3) is 22.4 Å². The van der Waals surface area contributed by atoms with E-state index in [0.29, 0.717) is 30.2 Å². The molecule has 6 nitrogen and oxygen atoms in total. The summed E-state index contributed by atoms with van der Waals surface area (Å²) in [4.78, 5) is 19.3. The lowest BCUT2D eigenvalue weighted by molar-refractivity contribution is -0.137. The molecule has 1 saturated heterocycles. The second-order valence-corrected chi connectivity index (χ2v) is 8.00. The monoisotopic (exact) mass is 452 g/mol. The Hall–Kier alpha value is -3.75. The molecule has 0 saturated carbocycles. The fraction of sp³-hybridized carbons (Fsp3) is 0.250. The number of hydrogen-bond donors (Lipinski definition) is 0. The average molecular weight is 452 g/mol. The molecule has 1 unspecified atom stereocenters. The standard InChI is InChI=1S/C24H19F3N4O2/c25-24(26,27)18-10-7-16(8-11-18)21-29-30-22(33-21)17-5-3-13-31(14-17)23(32)20-12-9-15-4-1-2-6-19(15)28-20/h1-2,4,6-12,17H,3,5,13-14H2. The van der Waals surface area contributed by atoms with E-state index in [2.05, 4.69) is 15.2 Å². The zero-order valence-corrected chi connectivity index (χ0v) is 17.4. The molecule has 4 aromatic rings. The number of pyridine rings is 1. The quantitative estimate of drug-likeness (QED) is 0.421. The van der Waals surface area contributed by atoms with Gasteiger partial charge in [0.05, 0.1) is 17.0 Å². The van der Waals surface area contributed by atoms with Crippen molar-refractivity contribution in [3.8, 4) is 11.5 Å². The number of carbonyl (C=O) groups is 1. The Morgan fingerprint density at radius 1 is 1.00 bits per heavy atom. The van der Waals surface area contributed by atoms with E-state index in [4.69, 9.17) is 4.42 Å². The van der Waals surface area contributed by atoms with Gasteiger partial charge in [-0.05, 0) is 49.2 Å². The number of piperidine rings is 1. The maximum Gasteiger partial charge on any atom is 0.416 e. The molecule has 2 aromatic heterocycles. The van der Waals surface area contributed by atoms with E-state index in [1.807, 2.05) is 30.3 Å². The van der Waals surface area contributed by atoms with Crippen LogP contribution in [0.2, 0.25) is 0 Å². The summed E-state index contributed by atoms with van der Waals surface area (Å²) in [7, 11) is 0. The van der Waals surface area contributed by atoms with Gasteiger partial charge in [-0.1, -0.05) is 24.3 Å². The number of hydrogen-bond acceptors (Lipinski definition) is 5. The molecule has 0 spiro atoms. The highest BCUT2D eigenvalue weighted by molar-refractivity contribution is 5.95. The molecule has 0 bridgehead atoms. The van der Waals surface area contributed by atoms with E-state index < -0.39 is 11.7 Å². The molecule has 0 N–H and O–H groups in total. The summed E-state index contributed by atoms with van der Waals surface area (Å²) in [6.07, 6.45) is -2.87. The van der Waals surface area contributed by atoms with E-state index in [0.717, 1.165) is 35.9 Å². The topological polar surface area (TPSA) is 72.1 Å². The second kappa shape index (κ2) is 8.31. The third kappa shape index (κ3) is 4.30. The molecule has 0 aliphatic carbocycles. The number of halogens is 3. The number of para-hydroxylation sites is 1. The number of amides is 1. The maximum absolute atomic E-state index is 13.1. The fourth-order valence-corrected chi connectivity index (χ4v) is 4.03. The van der Waals surface area contributed by atoms with Crippen LogP contribution in [0.4, 0.5) is 13.2 Å². The number of aromatic nitrogens is 3. The number of nitrogens with zero attached hydrogens (tertiary/aromatic N) is 4. The lowest BCUT2D eigenvalue weighted by atomic mass is 9.97. The Kier molecular flexibility index (Phi) is 5.32. The van der Waals surface area contributed by atoms with Gasteiger partial charge in [-0.15, -0.1) is 10.2 Å². The van der Waals surface area contributed by atoms with Crippen molar-refractivity contribution in [1.82, 2.24) is 20.1 Å². The average Bonchev–Trinajstić information content (AvgIpc) is 3.33. The molecule has 1 atom stereocenters. The van der Waals surface area contributed by atoms with E-state index in [1.54, 1.807) is 11.0 Å². The highest BCUT2D eigenvalue weighted by Crippen LogP contribution is 2.32. The van der Waals surface area contributed by atoms with E-state index in [1.165, 1.54) is 12.1 Å². The highest BCUT2D eigenvalue weighted by atomic mass is 19.4. The maximum atomic E-state index is 13.1. The van der Waals surface area contributed by atoms with Crippen molar-refractivity contribution in [3.63, 3.8) is 0 Å². The first kappa shape index (κ1) is 21.1. The molecule has 0 radical (unpaired) electrons. The van der Waals surface area contributed by atoms with Gasteiger partial charge in [0.2, 0.25) is 11.8 Å². The van der Waals surface area contributed by atoms with Crippen molar-refractivity contribution in [3.05, 3.63) is 77.8 Å². The van der Waals surface area contributed by atoms with Crippen LogP contribution in [0.5, 0.6) is 0 Å². The lowest BCUT2D eigenvalue weighted by Gasteiger charge is -2.30. The molecule has 168 valence electrons. The molecule has 2 aromatic carbocycles. The van der Waals surface area contributed by atoms with E-state index in [-0.39, 0.29) is 17.7 Å².